The summed E-state index contributed by atoms with van der Waals surface area (Å²) in [5.74, 6) is -1.39. The third kappa shape index (κ3) is 2.86. The Hall–Kier alpha value is -1.46. The molecule has 0 aliphatic rings. The van der Waals surface area contributed by atoms with Gasteiger partial charge in [-0.15, -0.1) is 0 Å². The van der Waals surface area contributed by atoms with Gasteiger partial charge in [-0.2, -0.15) is 4.39 Å². The Morgan fingerprint density at radius 1 is 1.39 bits per heavy atom. The first-order valence-corrected chi connectivity index (χ1v) is 6.12. The Bertz CT molecular complexity index is 606. The van der Waals surface area contributed by atoms with Crippen LogP contribution in [0.4, 0.5) is 10.1 Å². The van der Waals surface area contributed by atoms with Gasteiger partial charge >= 0.3 is 0 Å². The SMILES string of the molecule is O=C(Nc1cc(Cl)ccc1Br)c1cccnc1F. The summed E-state index contributed by atoms with van der Waals surface area (Å²) < 4.78 is 14.0. The van der Waals surface area contributed by atoms with Crippen LogP contribution in [0.3, 0.4) is 0 Å². The minimum absolute atomic E-state index is 0.121. The zero-order valence-electron chi connectivity index (χ0n) is 8.95. The van der Waals surface area contributed by atoms with Crippen LogP contribution < -0.4 is 5.32 Å². The molecule has 3 nitrogen and oxygen atoms in total. The van der Waals surface area contributed by atoms with Crippen molar-refractivity contribution in [2.45, 2.75) is 0 Å². The summed E-state index contributed by atoms with van der Waals surface area (Å²) >= 11 is 9.09. The minimum Gasteiger partial charge on any atom is -0.321 e. The third-order valence-electron chi connectivity index (χ3n) is 2.18. The molecular formula is C12H7BrClFN2O. The number of nitrogens with zero attached hydrogens (tertiary/aromatic N) is 1. The van der Waals surface area contributed by atoms with Crippen LogP contribution in [0.2, 0.25) is 5.02 Å². The number of benzene rings is 1. The number of aromatic nitrogens is 1. The lowest BCUT2D eigenvalue weighted by molar-refractivity contribution is 0.102. The number of rotatable bonds is 2. The summed E-state index contributed by atoms with van der Waals surface area (Å²) in [6.45, 7) is 0. The summed E-state index contributed by atoms with van der Waals surface area (Å²) in [7, 11) is 0. The second kappa shape index (κ2) is 5.46. The highest BCUT2D eigenvalue weighted by Gasteiger charge is 2.13. The average molecular weight is 330 g/mol. The van der Waals surface area contributed by atoms with E-state index in [0.717, 1.165) is 0 Å². The van der Waals surface area contributed by atoms with Gasteiger partial charge in [-0.1, -0.05) is 11.6 Å². The largest absolute Gasteiger partial charge is 0.321 e. The summed E-state index contributed by atoms with van der Waals surface area (Å²) in [4.78, 5) is 15.3. The van der Waals surface area contributed by atoms with Crippen molar-refractivity contribution in [3.63, 3.8) is 0 Å². The van der Waals surface area contributed by atoms with Gasteiger partial charge in [-0.3, -0.25) is 4.79 Å². The van der Waals surface area contributed by atoms with Gasteiger partial charge in [0, 0.05) is 15.7 Å². The molecule has 1 amide bonds. The quantitative estimate of drug-likeness (QED) is 0.849. The zero-order valence-corrected chi connectivity index (χ0v) is 11.3. The Kier molecular flexibility index (Phi) is 3.93. The molecule has 2 aromatic rings. The molecule has 6 heteroatoms. The van der Waals surface area contributed by atoms with Crippen LogP contribution in [-0.2, 0) is 0 Å². The monoisotopic (exact) mass is 328 g/mol. The van der Waals surface area contributed by atoms with Gasteiger partial charge in [-0.25, -0.2) is 4.98 Å². The van der Waals surface area contributed by atoms with Crippen molar-refractivity contribution in [1.82, 2.24) is 4.98 Å². The van der Waals surface area contributed by atoms with E-state index in [9.17, 15) is 9.18 Å². The number of hydrogen-bond donors (Lipinski definition) is 1. The Morgan fingerprint density at radius 3 is 2.89 bits per heavy atom. The molecule has 0 bridgehead atoms. The highest BCUT2D eigenvalue weighted by atomic mass is 79.9. The molecule has 0 aliphatic carbocycles. The molecule has 0 aliphatic heterocycles. The van der Waals surface area contributed by atoms with Crippen LogP contribution in [0.1, 0.15) is 10.4 Å². The van der Waals surface area contributed by atoms with Crippen LogP contribution in [0.5, 0.6) is 0 Å². The van der Waals surface area contributed by atoms with E-state index < -0.39 is 11.9 Å². The maximum Gasteiger partial charge on any atom is 0.260 e. The Morgan fingerprint density at radius 2 is 2.17 bits per heavy atom. The van der Waals surface area contributed by atoms with Crippen molar-refractivity contribution in [3.05, 3.63) is 57.5 Å². The van der Waals surface area contributed by atoms with Crippen LogP contribution >= 0.6 is 27.5 Å². The van der Waals surface area contributed by atoms with Crippen molar-refractivity contribution in [1.29, 1.82) is 0 Å². The lowest BCUT2D eigenvalue weighted by Gasteiger charge is -2.08. The molecule has 1 aromatic carbocycles. The number of pyridine rings is 1. The van der Waals surface area contributed by atoms with Crippen LogP contribution in [-0.4, -0.2) is 10.9 Å². The Labute approximate surface area is 116 Å². The van der Waals surface area contributed by atoms with Crippen molar-refractivity contribution in [2.75, 3.05) is 5.32 Å². The topological polar surface area (TPSA) is 42.0 Å². The van der Waals surface area contributed by atoms with E-state index in [1.54, 1.807) is 18.2 Å². The summed E-state index contributed by atoms with van der Waals surface area (Å²) in [6, 6.07) is 7.78. The van der Waals surface area contributed by atoms with Crippen LogP contribution in [0, 0.1) is 5.95 Å². The molecule has 1 aromatic heterocycles. The predicted molar refractivity (Wildman–Crippen MR) is 71.3 cm³/mol. The van der Waals surface area contributed by atoms with E-state index >= 15 is 0 Å². The molecule has 0 fully saturated rings. The summed E-state index contributed by atoms with van der Waals surface area (Å²) in [6.07, 6.45) is 1.28. The lowest BCUT2D eigenvalue weighted by atomic mass is 10.2. The average Bonchev–Trinajstić information content (AvgIpc) is 2.34. The second-order valence-corrected chi connectivity index (χ2v) is 4.71. The van der Waals surface area contributed by atoms with Gasteiger partial charge in [0.05, 0.1) is 11.3 Å². The Balaban J connectivity index is 2.27. The first-order chi connectivity index (χ1) is 8.58. The van der Waals surface area contributed by atoms with E-state index in [2.05, 4.69) is 26.2 Å². The van der Waals surface area contributed by atoms with Gasteiger partial charge in [0.15, 0.2) is 0 Å². The van der Waals surface area contributed by atoms with E-state index in [1.807, 2.05) is 0 Å². The molecule has 18 heavy (non-hydrogen) atoms. The van der Waals surface area contributed by atoms with Gasteiger partial charge in [-0.05, 0) is 46.3 Å². The van der Waals surface area contributed by atoms with Gasteiger partial charge in [0.25, 0.3) is 5.91 Å². The van der Waals surface area contributed by atoms with Gasteiger partial charge in [0.1, 0.15) is 0 Å². The fourth-order valence-electron chi connectivity index (χ4n) is 1.34. The molecule has 2 rings (SSSR count). The molecule has 0 spiro atoms. The number of halogens is 3. The maximum atomic E-state index is 13.3. The zero-order chi connectivity index (χ0) is 13.1. The number of anilines is 1. The number of hydrogen-bond acceptors (Lipinski definition) is 2. The smallest absolute Gasteiger partial charge is 0.260 e. The maximum absolute atomic E-state index is 13.3. The van der Waals surface area contributed by atoms with Crippen molar-refractivity contribution >= 4 is 39.1 Å². The molecule has 0 unspecified atom stereocenters. The highest BCUT2D eigenvalue weighted by Crippen LogP contribution is 2.26. The number of carbonyl (C=O) groups excluding carboxylic acids is 1. The molecule has 0 saturated carbocycles. The highest BCUT2D eigenvalue weighted by molar-refractivity contribution is 9.10. The van der Waals surface area contributed by atoms with Crippen molar-refractivity contribution in [3.8, 4) is 0 Å². The fourth-order valence-corrected chi connectivity index (χ4v) is 1.86. The molecule has 0 atom stereocenters. The van der Waals surface area contributed by atoms with Crippen LogP contribution in [0.15, 0.2) is 41.0 Å². The number of amides is 1. The van der Waals surface area contributed by atoms with Crippen LogP contribution in [0.25, 0.3) is 0 Å². The first kappa shape index (κ1) is 13.0. The van der Waals surface area contributed by atoms with Gasteiger partial charge in [0.2, 0.25) is 5.95 Å². The van der Waals surface area contributed by atoms with E-state index in [-0.39, 0.29) is 5.56 Å². The second-order valence-electron chi connectivity index (χ2n) is 3.42. The standard InChI is InChI=1S/C12H7BrClFN2O/c13-9-4-3-7(14)6-10(9)17-12(18)8-2-1-5-16-11(8)15/h1-6H,(H,17,18). The summed E-state index contributed by atoms with van der Waals surface area (Å²) in [5, 5.41) is 3.03. The number of nitrogens with one attached hydrogen (secondary N) is 1. The third-order valence-corrected chi connectivity index (χ3v) is 3.11. The fraction of sp³-hybridized carbons (Fsp3) is 0. The summed E-state index contributed by atoms with van der Waals surface area (Å²) in [5.41, 5.74) is 0.347. The predicted octanol–water partition coefficient (Wildman–Crippen LogP) is 3.89. The number of carbonyl (C=O) groups is 1. The van der Waals surface area contributed by atoms with E-state index in [0.29, 0.717) is 15.2 Å². The van der Waals surface area contributed by atoms with E-state index in [4.69, 9.17) is 11.6 Å². The minimum atomic E-state index is -0.812. The normalized spacial score (nSPS) is 10.2. The van der Waals surface area contributed by atoms with Crippen molar-refractivity contribution < 1.29 is 9.18 Å². The van der Waals surface area contributed by atoms with Gasteiger partial charge < -0.3 is 5.32 Å². The van der Waals surface area contributed by atoms with E-state index in [1.165, 1.54) is 18.3 Å². The molecule has 0 radical (unpaired) electrons. The lowest BCUT2D eigenvalue weighted by Crippen LogP contribution is -2.14. The first-order valence-electron chi connectivity index (χ1n) is 4.95. The van der Waals surface area contributed by atoms with Crippen molar-refractivity contribution in [2.24, 2.45) is 0 Å². The molecule has 1 heterocycles. The molecule has 0 saturated heterocycles. The molecule has 92 valence electrons. The molecule has 1 N–H and O–H groups in total. The molecular weight excluding hydrogens is 322 g/mol.